The van der Waals surface area contributed by atoms with E-state index in [1.54, 1.807) is 12.1 Å². The standard InChI is InChI=1S/C11H12N2O4/c1-17-10(14)8-2-6-4-13(11(15)16)5-7(6)3-9(8)12/h2-3H,4-5,12H2,1H3,(H,15,16). The van der Waals surface area contributed by atoms with Gasteiger partial charge in [-0.2, -0.15) is 0 Å². The second-order valence-electron chi connectivity index (χ2n) is 3.84. The van der Waals surface area contributed by atoms with Crippen molar-refractivity contribution in [3.05, 3.63) is 28.8 Å². The number of benzene rings is 1. The highest BCUT2D eigenvalue weighted by molar-refractivity contribution is 5.95. The van der Waals surface area contributed by atoms with Crippen LogP contribution in [-0.4, -0.2) is 29.2 Å². The van der Waals surface area contributed by atoms with E-state index in [0.717, 1.165) is 11.1 Å². The van der Waals surface area contributed by atoms with E-state index in [2.05, 4.69) is 4.74 Å². The van der Waals surface area contributed by atoms with Crippen LogP contribution < -0.4 is 5.73 Å². The van der Waals surface area contributed by atoms with E-state index in [4.69, 9.17) is 10.8 Å². The SMILES string of the molecule is COC(=O)c1cc2c(cc1N)CN(C(=O)O)C2. The van der Waals surface area contributed by atoms with Crippen molar-refractivity contribution in [3.63, 3.8) is 0 Å². The molecule has 0 unspecified atom stereocenters. The smallest absolute Gasteiger partial charge is 0.407 e. The summed E-state index contributed by atoms with van der Waals surface area (Å²) in [5.41, 5.74) is 7.93. The molecule has 0 fully saturated rings. The molecule has 0 bridgehead atoms. The summed E-state index contributed by atoms with van der Waals surface area (Å²) in [5.74, 6) is -0.515. The molecule has 0 saturated heterocycles. The number of hydrogen-bond donors (Lipinski definition) is 2. The van der Waals surface area contributed by atoms with E-state index in [1.165, 1.54) is 12.0 Å². The Morgan fingerprint density at radius 1 is 1.35 bits per heavy atom. The van der Waals surface area contributed by atoms with Crippen LogP contribution in [0.25, 0.3) is 0 Å². The molecule has 1 heterocycles. The van der Waals surface area contributed by atoms with Crippen LogP contribution >= 0.6 is 0 Å². The lowest BCUT2D eigenvalue weighted by molar-refractivity contribution is 0.0602. The summed E-state index contributed by atoms with van der Waals surface area (Å²) in [7, 11) is 1.28. The van der Waals surface area contributed by atoms with Crippen molar-refractivity contribution in [2.75, 3.05) is 12.8 Å². The van der Waals surface area contributed by atoms with Crippen LogP contribution in [0.15, 0.2) is 12.1 Å². The third-order valence-corrected chi connectivity index (χ3v) is 2.77. The largest absolute Gasteiger partial charge is 0.465 e. The highest BCUT2D eigenvalue weighted by Crippen LogP contribution is 2.27. The van der Waals surface area contributed by atoms with Gasteiger partial charge in [-0.3, -0.25) is 4.90 Å². The monoisotopic (exact) mass is 236 g/mol. The summed E-state index contributed by atoms with van der Waals surface area (Å²) in [4.78, 5) is 23.5. The van der Waals surface area contributed by atoms with Crippen molar-refractivity contribution in [3.8, 4) is 0 Å². The first-order chi connectivity index (χ1) is 8.02. The lowest BCUT2D eigenvalue weighted by atomic mass is 10.0. The van der Waals surface area contributed by atoms with Crippen molar-refractivity contribution in [2.24, 2.45) is 0 Å². The molecule has 1 amide bonds. The Morgan fingerprint density at radius 3 is 2.47 bits per heavy atom. The Bertz CT molecular complexity index is 498. The molecular weight excluding hydrogens is 224 g/mol. The van der Waals surface area contributed by atoms with Crippen LogP contribution in [0.1, 0.15) is 21.5 Å². The van der Waals surface area contributed by atoms with Gasteiger partial charge in [-0.05, 0) is 23.3 Å². The number of amides is 1. The highest BCUT2D eigenvalue weighted by Gasteiger charge is 2.25. The number of ether oxygens (including phenoxy) is 1. The molecule has 1 aliphatic rings. The summed E-state index contributed by atoms with van der Waals surface area (Å²) in [6.07, 6.45) is -0.987. The number of nitrogens with zero attached hydrogens (tertiary/aromatic N) is 1. The molecule has 0 spiro atoms. The number of hydrogen-bond acceptors (Lipinski definition) is 4. The van der Waals surface area contributed by atoms with Crippen LogP contribution in [-0.2, 0) is 17.8 Å². The quantitative estimate of drug-likeness (QED) is 0.561. The maximum absolute atomic E-state index is 11.4. The fourth-order valence-corrected chi connectivity index (χ4v) is 1.89. The molecule has 3 N–H and O–H groups in total. The molecule has 90 valence electrons. The molecule has 0 radical (unpaired) electrons. The first-order valence-corrected chi connectivity index (χ1v) is 5.00. The summed E-state index contributed by atoms with van der Waals surface area (Å²) in [5, 5.41) is 8.88. The number of nitrogen functional groups attached to an aromatic ring is 1. The fraction of sp³-hybridized carbons (Fsp3) is 0.273. The first-order valence-electron chi connectivity index (χ1n) is 5.00. The number of esters is 1. The zero-order valence-electron chi connectivity index (χ0n) is 9.27. The molecule has 1 aromatic carbocycles. The minimum absolute atomic E-state index is 0.273. The predicted octanol–water partition coefficient (Wildman–Crippen LogP) is 1.05. The Hall–Kier alpha value is -2.24. The van der Waals surface area contributed by atoms with Gasteiger partial charge in [0.15, 0.2) is 0 Å². The molecule has 17 heavy (non-hydrogen) atoms. The third-order valence-electron chi connectivity index (χ3n) is 2.77. The van der Waals surface area contributed by atoms with Gasteiger partial charge in [-0.1, -0.05) is 0 Å². The van der Waals surface area contributed by atoms with Gasteiger partial charge in [0.2, 0.25) is 0 Å². The van der Waals surface area contributed by atoms with Gasteiger partial charge in [0.05, 0.1) is 12.7 Å². The van der Waals surface area contributed by atoms with Gasteiger partial charge in [-0.15, -0.1) is 0 Å². The number of anilines is 1. The van der Waals surface area contributed by atoms with Crippen LogP contribution in [0, 0.1) is 0 Å². The number of rotatable bonds is 1. The number of carbonyl (C=O) groups excluding carboxylic acids is 1. The average Bonchev–Trinajstić information content (AvgIpc) is 2.69. The Kier molecular flexibility index (Phi) is 2.63. The molecule has 0 aromatic heterocycles. The van der Waals surface area contributed by atoms with Crippen LogP contribution in [0.2, 0.25) is 0 Å². The zero-order valence-corrected chi connectivity index (χ0v) is 9.27. The van der Waals surface area contributed by atoms with E-state index in [-0.39, 0.29) is 12.1 Å². The van der Waals surface area contributed by atoms with Gasteiger partial charge >= 0.3 is 12.1 Å². The van der Waals surface area contributed by atoms with Crippen molar-refractivity contribution >= 4 is 17.7 Å². The molecule has 6 nitrogen and oxygen atoms in total. The number of methoxy groups -OCH3 is 1. The third kappa shape index (κ3) is 1.89. The first kappa shape index (κ1) is 11.3. The second kappa shape index (κ2) is 3.97. The Balaban J connectivity index is 2.37. The fourth-order valence-electron chi connectivity index (χ4n) is 1.89. The summed E-state index contributed by atoms with van der Waals surface area (Å²) in [6.45, 7) is 0.575. The van der Waals surface area contributed by atoms with E-state index >= 15 is 0 Å². The predicted molar refractivity (Wildman–Crippen MR) is 59.5 cm³/mol. The van der Waals surface area contributed by atoms with Crippen molar-refractivity contribution in [2.45, 2.75) is 13.1 Å². The van der Waals surface area contributed by atoms with Crippen LogP contribution in [0.5, 0.6) is 0 Å². The van der Waals surface area contributed by atoms with Gasteiger partial charge in [0.1, 0.15) is 0 Å². The molecule has 1 aromatic rings. The summed E-state index contributed by atoms with van der Waals surface area (Å²) >= 11 is 0. The summed E-state index contributed by atoms with van der Waals surface area (Å²) < 4.78 is 4.60. The topological polar surface area (TPSA) is 92.9 Å². The minimum atomic E-state index is -0.987. The van der Waals surface area contributed by atoms with Crippen LogP contribution in [0.3, 0.4) is 0 Å². The second-order valence-corrected chi connectivity index (χ2v) is 3.84. The average molecular weight is 236 g/mol. The molecule has 0 saturated carbocycles. The van der Waals surface area contributed by atoms with Crippen molar-refractivity contribution < 1.29 is 19.4 Å². The number of carbonyl (C=O) groups is 2. The van der Waals surface area contributed by atoms with Crippen molar-refractivity contribution in [1.82, 2.24) is 4.90 Å². The minimum Gasteiger partial charge on any atom is -0.465 e. The van der Waals surface area contributed by atoms with E-state index < -0.39 is 12.1 Å². The molecule has 6 heteroatoms. The Labute approximate surface area is 97.6 Å². The maximum atomic E-state index is 11.4. The van der Waals surface area contributed by atoms with E-state index in [0.29, 0.717) is 12.2 Å². The summed E-state index contributed by atoms with van der Waals surface area (Å²) in [6, 6.07) is 3.23. The number of nitrogens with two attached hydrogens (primary N) is 1. The zero-order chi connectivity index (χ0) is 12.6. The number of fused-ring (bicyclic) bond motifs is 1. The van der Waals surface area contributed by atoms with Crippen LogP contribution in [0.4, 0.5) is 10.5 Å². The molecular formula is C11H12N2O4. The lowest BCUT2D eigenvalue weighted by Crippen LogP contribution is -2.22. The van der Waals surface area contributed by atoms with Gasteiger partial charge in [0.25, 0.3) is 0 Å². The molecule has 0 aliphatic carbocycles. The molecule has 0 atom stereocenters. The Morgan fingerprint density at radius 2 is 1.94 bits per heavy atom. The molecule has 2 rings (SSSR count). The van der Waals surface area contributed by atoms with Gasteiger partial charge in [-0.25, -0.2) is 9.59 Å². The molecule has 1 aliphatic heterocycles. The normalized spacial score (nSPS) is 13.4. The van der Waals surface area contributed by atoms with Crippen molar-refractivity contribution in [1.29, 1.82) is 0 Å². The van der Waals surface area contributed by atoms with Gasteiger partial charge < -0.3 is 15.6 Å². The lowest BCUT2D eigenvalue weighted by Gasteiger charge is -2.08. The van der Waals surface area contributed by atoms with Gasteiger partial charge in [0, 0.05) is 18.8 Å². The highest BCUT2D eigenvalue weighted by atomic mass is 16.5. The number of carboxylic acid groups (broad SMARTS) is 1. The van der Waals surface area contributed by atoms with E-state index in [9.17, 15) is 9.59 Å². The van der Waals surface area contributed by atoms with E-state index in [1.807, 2.05) is 0 Å². The maximum Gasteiger partial charge on any atom is 0.407 e.